The zero-order valence-electron chi connectivity index (χ0n) is 6.34. The molecule has 0 aliphatic heterocycles. The van der Waals surface area contributed by atoms with Crippen molar-refractivity contribution in [1.82, 2.24) is 0 Å². The SMILES string of the molecule is Cc1ccccc1[N]=[V+3].[Cl-].[Cl-].[Cl-]. The van der Waals surface area contributed by atoms with Crippen LogP contribution >= 0.6 is 0 Å². The monoisotopic (exact) mass is 261 g/mol. The fraction of sp³-hybridized carbons (Fsp3) is 0.143. The predicted molar refractivity (Wildman–Crippen MR) is 33.3 cm³/mol. The molecule has 12 heavy (non-hydrogen) atoms. The number of rotatable bonds is 1. The molecule has 5 heteroatoms. The normalized spacial score (nSPS) is 6.92. The standard InChI is InChI=1S/C7H7N.3ClH.V/c1-6-4-2-3-5-7(6)8;;;;/h2-5H,1H3;3*1H;/q;;;;+3/p-3. The predicted octanol–water partition coefficient (Wildman–Crippen LogP) is -6.63. The van der Waals surface area contributed by atoms with Crippen LogP contribution in [-0.2, 0) is 17.2 Å². The summed E-state index contributed by atoms with van der Waals surface area (Å²) in [7, 11) is 0. The minimum Gasteiger partial charge on any atom is -1.00 e. The first-order chi connectivity index (χ1) is 4.34. The van der Waals surface area contributed by atoms with Crippen molar-refractivity contribution in [2.24, 2.45) is 3.79 Å². The molecule has 0 spiro atoms. The van der Waals surface area contributed by atoms with E-state index in [0.717, 1.165) is 5.69 Å². The van der Waals surface area contributed by atoms with Gasteiger partial charge in [-0.15, -0.1) is 0 Å². The average molecular weight is 262 g/mol. The molecule has 0 aliphatic carbocycles. The maximum absolute atomic E-state index is 4.01. The smallest absolute Gasteiger partial charge is 1.00 e. The third-order valence-corrected chi connectivity index (χ3v) is 1.56. The van der Waals surface area contributed by atoms with Crippen LogP contribution in [0.5, 0.6) is 0 Å². The second-order valence-electron chi connectivity index (χ2n) is 1.89. The number of aryl methyl sites for hydroxylation is 1. The van der Waals surface area contributed by atoms with Gasteiger partial charge in [-0.2, -0.15) is 0 Å². The van der Waals surface area contributed by atoms with E-state index in [1.807, 2.05) is 31.2 Å². The van der Waals surface area contributed by atoms with E-state index < -0.39 is 0 Å². The number of benzene rings is 1. The molecule has 0 aliphatic rings. The van der Waals surface area contributed by atoms with Crippen LogP contribution in [0.1, 0.15) is 5.56 Å². The summed E-state index contributed by atoms with van der Waals surface area (Å²) >= 11 is 2.22. The van der Waals surface area contributed by atoms with Crippen molar-refractivity contribution in [1.29, 1.82) is 0 Å². The summed E-state index contributed by atoms with van der Waals surface area (Å²) in [5.74, 6) is 0. The van der Waals surface area contributed by atoms with Gasteiger partial charge >= 0.3 is 63.5 Å². The molecule has 0 N–H and O–H groups in total. The molecule has 0 saturated heterocycles. The van der Waals surface area contributed by atoms with Gasteiger partial charge in [-0.3, -0.25) is 0 Å². The Balaban J connectivity index is -0.000000270. The molecular weight excluding hydrogens is 255 g/mol. The van der Waals surface area contributed by atoms with E-state index in [1.165, 1.54) is 5.56 Å². The second-order valence-corrected chi connectivity index (χ2v) is 2.20. The van der Waals surface area contributed by atoms with Crippen LogP contribution in [0.25, 0.3) is 0 Å². The first kappa shape index (κ1) is 18.3. The molecule has 0 amide bonds. The molecule has 66 valence electrons. The summed E-state index contributed by atoms with van der Waals surface area (Å²) in [6.07, 6.45) is 0. The van der Waals surface area contributed by atoms with E-state index in [-0.39, 0.29) is 37.2 Å². The van der Waals surface area contributed by atoms with E-state index in [1.54, 1.807) is 0 Å². The summed E-state index contributed by atoms with van der Waals surface area (Å²) in [5.41, 5.74) is 2.27. The minimum absolute atomic E-state index is 0. The Hall–Kier alpha value is 0.474. The maximum Gasteiger partial charge on any atom is -1.00 e. The van der Waals surface area contributed by atoms with Crippen molar-refractivity contribution in [3.05, 3.63) is 29.8 Å². The van der Waals surface area contributed by atoms with Crippen molar-refractivity contribution in [3.63, 3.8) is 0 Å². The summed E-state index contributed by atoms with van der Waals surface area (Å²) in [6.45, 7) is 2.05. The van der Waals surface area contributed by atoms with Gasteiger partial charge in [0, 0.05) is 0 Å². The molecule has 1 aromatic carbocycles. The molecule has 1 nitrogen and oxygen atoms in total. The van der Waals surface area contributed by atoms with Crippen LogP contribution in [-0.4, -0.2) is 0 Å². The van der Waals surface area contributed by atoms with Crippen LogP contribution in [0.15, 0.2) is 28.1 Å². The van der Waals surface area contributed by atoms with E-state index >= 15 is 0 Å². The number of nitrogens with zero attached hydrogens (tertiary/aromatic N) is 1. The summed E-state index contributed by atoms with van der Waals surface area (Å²) < 4.78 is 4.01. The van der Waals surface area contributed by atoms with Gasteiger partial charge in [-0.25, -0.2) is 0 Å². The van der Waals surface area contributed by atoms with E-state index in [0.29, 0.717) is 0 Å². The Morgan fingerprint density at radius 1 is 1.08 bits per heavy atom. The molecule has 0 aromatic heterocycles. The summed E-state index contributed by atoms with van der Waals surface area (Å²) in [4.78, 5) is 0. The third kappa shape index (κ3) is 5.18. The summed E-state index contributed by atoms with van der Waals surface area (Å²) in [6, 6.07) is 8.04. The Kier molecular flexibility index (Phi) is 14.6. The Morgan fingerprint density at radius 2 is 1.58 bits per heavy atom. The number of hydrogen-bond donors (Lipinski definition) is 0. The van der Waals surface area contributed by atoms with Gasteiger partial charge in [-0.1, -0.05) is 0 Å². The van der Waals surface area contributed by atoms with Gasteiger partial charge in [-0.05, 0) is 0 Å². The Bertz CT molecular complexity index is 230. The number of halogens is 3. The second kappa shape index (κ2) is 9.56. The Labute approximate surface area is 100 Å². The number of hydrogen-bond acceptors (Lipinski definition) is 1. The summed E-state index contributed by atoms with van der Waals surface area (Å²) in [5, 5.41) is 0. The molecule has 0 radical (unpaired) electrons. The van der Waals surface area contributed by atoms with Crippen molar-refractivity contribution >= 4 is 5.69 Å². The molecule has 1 aromatic rings. The fourth-order valence-electron chi connectivity index (χ4n) is 0.676. The van der Waals surface area contributed by atoms with Gasteiger partial charge in [0.25, 0.3) is 0 Å². The largest absolute Gasteiger partial charge is 1.00 e. The van der Waals surface area contributed by atoms with Crippen LogP contribution in [0.3, 0.4) is 0 Å². The topological polar surface area (TPSA) is 12.4 Å². The fourth-order valence-corrected chi connectivity index (χ4v) is 1.03. The Morgan fingerprint density at radius 3 is 1.92 bits per heavy atom. The minimum atomic E-state index is 0. The first-order valence-corrected chi connectivity index (χ1v) is 3.38. The van der Waals surface area contributed by atoms with Gasteiger partial charge in [0.05, 0.1) is 0 Å². The molecular formula is C7H7Cl3NV. The van der Waals surface area contributed by atoms with Gasteiger partial charge in [0.1, 0.15) is 0 Å². The van der Waals surface area contributed by atoms with E-state index in [9.17, 15) is 0 Å². The van der Waals surface area contributed by atoms with Crippen LogP contribution in [0, 0.1) is 6.92 Å². The molecule has 1 rings (SSSR count). The van der Waals surface area contributed by atoms with Gasteiger partial charge in [0.2, 0.25) is 0 Å². The van der Waals surface area contributed by atoms with Crippen molar-refractivity contribution in [3.8, 4) is 0 Å². The zero-order chi connectivity index (χ0) is 6.69. The molecule has 0 fully saturated rings. The van der Waals surface area contributed by atoms with Crippen molar-refractivity contribution in [2.45, 2.75) is 6.92 Å². The molecule has 0 heterocycles. The van der Waals surface area contributed by atoms with Crippen LogP contribution < -0.4 is 37.2 Å². The maximum atomic E-state index is 4.01. The first-order valence-electron chi connectivity index (χ1n) is 2.75. The molecule has 0 atom stereocenters. The van der Waals surface area contributed by atoms with E-state index in [4.69, 9.17) is 0 Å². The zero-order valence-corrected chi connectivity index (χ0v) is 10.0. The van der Waals surface area contributed by atoms with E-state index in [2.05, 4.69) is 21.0 Å². The van der Waals surface area contributed by atoms with Crippen LogP contribution in [0.2, 0.25) is 0 Å². The third-order valence-electron chi connectivity index (χ3n) is 1.22. The molecule has 0 unspecified atom stereocenters. The van der Waals surface area contributed by atoms with Crippen molar-refractivity contribution in [2.75, 3.05) is 0 Å². The quantitative estimate of drug-likeness (QED) is 0.477. The van der Waals surface area contributed by atoms with Crippen molar-refractivity contribution < 1.29 is 54.5 Å². The molecule has 0 bridgehead atoms. The van der Waals surface area contributed by atoms with Gasteiger partial charge in [0.15, 0.2) is 0 Å². The van der Waals surface area contributed by atoms with Crippen LogP contribution in [0.4, 0.5) is 5.69 Å². The average Bonchev–Trinajstić information content (AvgIpc) is 1.89. The van der Waals surface area contributed by atoms with Gasteiger partial charge < -0.3 is 37.2 Å². The molecule has 0 saturated carbocycles.